The summed E-state index contributed by atoms with van der Waals surface area (Å²) in [4.78, 5) is 11.5. The lowest BCUT2D eigenvalue weighted by molar-refractivity contribution is -0.119. The number of methoxy groups -OCH3 is 1. The quantitative estimate of drug-likeness (QED) is 0.775. The molecule has 1 amide bonds. The van der Waals surface area contributed by atoms with Gasteiger partial charge in [0.25, 0.3) is 0 Å². The Morgan fingerprint density at radius 1 is 1.50 bits per heavy atom. The molecule has 0 spiro atoms. The third kappa shape index (κ3) is 4.87. The number of nitrogen functional groups attached to an aromatic ring is 1. The highest BCUT2D eigenvalue weighted by Crippen LogP contribution is 2.25. The van der Waals surface area contributed by atoms with Gasteiger partial charge in [-0.2, -0.15) is 0 Å². The Morgan fingerprint density at radius 3 is 2.83 bits per heavy atom. The summed E-state index contributed by atoms with van der Waals surface area (Å²) in [6.45, 7) is 3.90. The van der Waals surface area contributed by atoms with E-state index in [-0.39, 0.29) is 11.9 Å². The van der Waals surface area contributed by atoms with Gasteiger partial charge in [-0.1, -0.05) is 0 Å². The van der Waals surface area contributed by atoms with Crippen LogP contribution in [0.1, 0.15) is 19.4 Å². The van der Waals surface area contributed by atoms with Crippen molar-refractivity contribution in [3.05, 3.63) is 23.8 Å². The number of ether oxygens (including phenoxy) is 1. The van der Waals surface area contributed by atoms with Gasteiger partial charge in [-0.15, -0.1) is 11.8 Å². The van der Waals surface area contributed by atoms with Crippen molar-refractivity contribution in [2.24, 2.45) is 0 Å². The highest BCUT2D eigenvalue weighted by atomic mass is 32.2. The van der Waals surface area contributed by atoms with Gasteiger partial charge in [0, 0.05) is 23.0 Å². The monoisotopic (exact) mass is 268 g/mol. The second-order valence-corrected chi connectivity index (χ2v) is 5.27. The van der Waals surface area contributed by atoms with E-state index in [0.29, 0.717) is 17.2 Å². The van der Waals surface area contributed by atoms with Gasteiger partial charge < -0.3 is 15.8 Å². The Hall–Kier alpha value is -1.36. The first-order valence-electron chi connectivity index (χ1n) is 5.82. The molecule has 3 N–H and O–H groups in total. The second-order valence-electron chi connectivity index (χ2n) is 4.29. The Kier molecular flexibility index (Phi) is 5.85. The van der Waals surface area contributed by atoms with Gasteiger partial charge in [-0.05, 0) is 32.0 Å². The fourth-order valence-electron chi connectivity index (χ4n) is 1.53. The zero-order chi connectivity index (χ0) is 13.5. The summed E-state index contributed by atoms with van der Waals surface area (Å²) in [5, 5.41) is 2.85. The minimum Gasteiger partial charge on any atom is -0.496 e. The minimum absolute atomic E-state index is 0.0536. The number of anilines is 1. The topological polar surface area (TPSA) is 64.3 Å². The van der Waals surface area contributed by atoms with Crippen LogP contribution >= 0.6 is 11.8 Å². The number of carbonyl (C=O) groups is 1. The van der Waals surface area contributed by atoms with Crippen LogP contribution in [0.2, 0.25) is 0 Å². The summed E-state index contributed by atoms with van der Waals surface area (Å²) in [5.41, 5.74) is 7.46. The summed E-state index contributed by atoms with van der Waals surface area (Å²) < 4.78 is 5.25. The van der Waals surface area contributed by atoms with E-state index in [2.05, 4.69) is 5.32 Å². The Labute approximate surface area is 112 Å². The highest BCUT2D eigenvalue weighted by Gasteiger charge is 2.07. The van der Waals surface area contributed by atoms with Gasteiger partial charge in [0.05, 0.1) is 12.9 Å². The van der Waals surface area contributed by atoms with Crippen LogP contribution < -0.4 is 15.8 Å². The molecule has 100 valence electrons. The van der Waals surface area contributed by atoms with Gasteiger partial charge in [0.15, 0.2) is 0 Å². The van der Waals surface area contributed by atoms with Gasteiger partial charge in [-0.25, -0.2) is 0 Å². The predicted molar refractivity (Wildman–Crippen MR) is 76.8 cm³/mol. The molecule has 1 rings (SSSR count). The first-order valence-corrected chi connectivity index (χ1v) is 6.98. The first kappa shape index (κ1) is 14.7. The molecule has 1 aromatic carbocycles. The average Bonchev–Trinajstić information content (AvgIpc) is 2.28. The van der Waals surface area contributed by atoms with Gasteiger partial charge in [0.1, 0.15) is 5.75 Å². The maximum atomic E-state index is 11.5. The van der Waals surface area contributed by atoms with E-state index >= 15 is 0 Å². The van der Waals surface area contributed by atoms with Crippen LogP contribution in [0.4, 0.5) is 5.69 Å². The van der Waals surface area contributed by atoms with E-state index in [0.717, 1.165) is 11.3 Å². The molecule has 1 aromatic rings. The molecule has 0 atom stereocenters. The summed E-state index contributed by atoms with van der Waals surface area (Å²) in [7, 11) is 1.63. The van der Waals surface area contributed by atoms with Crippen molar-refractivity contribution in [1.29, 1.82) is 0 Å². The Balaban J connectivity index is 2.48. The van der Waals surface area contributed by atoms with Crippen molar-refractivity contribution in [3.8, 4) is 5.75 Å². The lowest BCUT2D eigenvalue weighted by Crippen LogP contribution is -2.31. The number of carbonyl (C=O) groups excluding carboxylic acids is 1. The van der Waals surface area contributed by atoms with Gasteiger partial charge in [-0.3, -0.25) is 4.79 Å². The summed E-state index contributed by atoms with van der Waals surface area (Å²) in [5.74, 6) is 2.01. The zero-order valence-corrected chi connectivity index (χ0v) is 11.8. The lowest BCUT2D eigenvalue weighted by Gasteiger charge is -2.10. The van der Waals surface area contributed by atoms with Crippen molar-refractivity contribution in [2.75, 3.05) is 18.6 Å². The molecule has 0 saturated carbocycles. The van der Waals surface area contributed by atoms with Gasteiger partial charge >= 0.3 is 0 Å². The third-order valence-electron chi connectivity index (χ3n) is 2.24. The molecule has 0 bridgehead atoms. The molecule has 5 heteroatoms. The molecule has 0 fully saturated rings. The number of hydrogen-bond acceptors (Lipinski definition) is 4. The number of rotatable bonds is 6. The van der Waals surface area contributed by atoms with E-state index in [1.807, 2.05) is 26.0 Å². The summed E-state index contributed by atoms with van der Waals surface area (Å²) in [6.07, 6.45) is 0. The molecule has 0 radical (unpaired) electrons. The van der Waals surface area contributed by atoms with Crippen LogP contribution in [-0.4, -0.2) is 24.8 Å². The first-order chi connectivity index (χ1) is 8.52. The van der Waals surface area contributed by atoms with Crippen molar-refractivity contribution in [2.45, 2.75) is 25.6 Å². The zero-order valence-electron chi connectivity index (χ0n) is 11.0. The Morgan fingerprint density at radius 2 is 2.22 bits per heavy atom. The second kappa shape index (κ2) is 7.16. The van der Waals surface area contributed by atoms with Gasteiger partial charge in [0.2, 0.25) is 5.91 Å². The molecule has 0 aromatic heterocycles. The molecule has 0 aliphatic heterocycles. The van der Waals surface area contributed by atoms with E-state index in [9.17, 15) is 4.79 Å². The molecule has 18 heavy (non-hydrogen) atoms. The number of nitrogens with two attached hydrogens (primary N) is 1. The van der Waals surface area contributed by atoms with Crippen LogP contribution in [0, 0.1) is 0 Å². The molecule has 0 unspecified atom stereocenters. The average molecular weight is 268 g/mol. The van der Waals surface area contributed by atoms with Crippen molar-refractivity contribution >= 4 is 23.4 Å². The molecule has 4 nitrogen and oxygen atoms in total. The number of benzene rings is 1. The normalized spacial score (nSPS) is 10.4. The molecule has 0 saturated heterocycles. The fourth-order valence-corrected chi connectivity index (χ4v) is 2.34. The maximum absolute atomic E-state index is 11.5. The summed E-state index contributed by atoms with van der Waals surface area (Å²) >= 11 is 1.55. The minimum atomic E-state index is 0.0536. The van der Waals surface area contributed by atoms with Crippen molar-refractivity contribution < 1.29 is 9.53 Å². The van der Waals surface area contributed by atoms with E-state index in [4.69, 9.17) is 10.5 Å². The van der Waals surface area contributed by atoms with Crippen LogP contribution in [-0.2, 0) is 10.5 Å². The van der Waals surface area contributed by atoms with Crippen LogP contribution in [0.5, 0.6) is 5.75 Å². The third-order valence-corrected chi connectivity index (χ3v) is 3.23. The Bertz CT molecular complexity index is 408. The fraction of sp³-hybridized carbons (Fsp3) is 0.462. The lowest BCUT2D eigenvalue weighted by atomic mass is 10.2. The largest absolute Gasteiger partial charge is 0.496 e. The van der Waals surface area contributed by atoms with Crippen LogP contribution in [0.25, 0.3) is 0 Å². The molecule has 0 aliphatic rings. The smallest absolute Gasteiger partial charge is 0.230 e. The van der Waals surface area contributed by atoms with E-state index < -0.39 is 0 Å². The van der Waals surface area contributed by atoms with E-state index in [1.54, 1.807) is 24.9 Å². The van der Waals surface area contributed by atoms with Crippen LogP contribution in [0.15, 0.2) is 18.2 Å². The number of nitrogens with one attached hydrogen (secondary N) is 1. The summed E-state index contributed by atoms with van der Waals surface area (Å²) in [6, 6.07) is 5.71. The van der Waals surface area contributed by atoms with E-state index in [1.165, 1.54) is 0 Å². The maximum Gasteiger partial charge on any atom is 0.230 e. The van der Waals surface area contributed by atoms with Crippen LogP contribution in [0.3, 0.4) is 0 Å². The SMILES string of the molecule is COc1ccc(N)cc1CSCC(=O)NC(C)C. The number of amides is 1. The van der Waals surface area contributed by atoms with Crippen molar-refractivity contribution in [3.63, 3.8) is 0 Å². The number of thioether (sulfide) groups is 1. The van der Waals surface area contributed by atoms with Crippen molar-refractivity contribution in [1.82, 2.24) is 5.32 Å². The molecular weight excluding hydrogens is 248 g/mol. The predicted octanol–water partition coefficient (Wildman–Crippen LogP) is 2.04. The molecular formula is C13H20N2O2S. The molecule has 0 heterocycles. The standard InChI is InChI=1S/C13H20N2O2S/c1-9(2)15-13(16)8-18-7-10-6-11(14)4-5-12(10)17-3/h4-6,9H,7-8,14H2,1-3H3,(H,15,16). The number of hydrogen-bond donors (Lipinski definition) is 2. The highest BCUT2D eigenvalue weighted by molar-refractivity contribution is 7.99. The molecule has 0 aliphatic carbocycles.